The normalized spacial score (nSPS) is 19.6. The molecule has 1 fully saturated rings. The molecule has 2 heterocycles. The fourth-order valence-corrected chi connectivity index (χ4v) is 4.18. The Balaban J connectivity index is 0.00000324. The van der Waals surface area contributed by atoms with Gasteiger partial charge in [0.25, 0.3) is 5.91 Å². The number of nitrogens with one attached hydrogen (secondary N) is 1. The third kappa shape index (κ3) is 5.64. The third-order valence-electron chi connectivity index (χ3n) is 5.86. The van der Waals surface area contributed by atoms with Gasteiger partial charge in [-0.25, -0.2) is 19.7 Å². The highest BCUT2D eigenvalue weighted by molar-refractivity contribution is 5.89. The molecule has 1 amide bonds. The summed E-state index contributed by atoms with van der Waals surface area (Å²) in [5.74, 6) is -0.770. The van der Waals surface area contributed by atoms with Gasteiger partial charge in [-0.2, -0.15) is 0 Å². The van der Waals surface area contributed by atoms with Crippen LogP contribution in [0.15, 0.2) is 73.3 Å². The van der Waals surface area contributed by atoms with Crippen molar-refractivity contribution in [2.75, 3.05) is 32.0 Å². The number of ether oxygens (including phenoxy) is 1. The summed E-state index contributed by atoms with van der Waals surface area (Å²) in [6, 6.07) is 17.5. The van der Waals surface area contributed by atoms with E-state index in [4.69, 9.17) is 4.74 Å². The predicted octanol–water partition coefficient (Wildman–Crippen LogP) is -1.49. The van der Waals surface area contributed by atoms with Crippen LogP contribution in [0.2, 0.25) is 0 Å². The van der Waals surface area contributed by atoms with Crippen molar-refractivity contribution in [1.82, 2.24) is 15.0 Å². The van der Waals surface area contributed by atoms with E-state index < -0.39 is 17.7 Å². The van der Waals surface area contributed by atoms with E-state index in [0.717, 1.165) is 0 Å². The lowest BCUT2D eigenvalue weighted by Crippen LogP contribution is -3.00. The molecular formula is C24H26BrN5O4. The third-order valence-corrected chi connectivity index (χ3v) is 5.86. The van der Waals surface area contributed by atoms with Crippen LogP contribution in [0.25, 0.3) is 0 Å². The van der Waals surface area contributed by atoms with Gasteiger partial charge in [-0.1, -0.05) is 60.7 Å². The molecule has 0 spiro atoms. The molecule has 1 aromatic heterocycles. The summed E-state index contributed by atoms with van der Waals surface area (Å²) in [6.45, 7) is 1.29. The lowest BCUT2D eigenvalue weighted by Gasteiger charge is -2.30. The van der Waals surface area contributed by atoms with E-state index in [0.29, 0.717) is 35.1 Å². The quantitative estimate of drug-likeness (QED) is 0.284. The minimum absolute atomic E-state index is 0. The second-order valence-corrected chi connectivity index (χ2v) is 8.45. The molecule has 1 aliphatic heterocycles. The van der Waals surface area contributed by atoms with Crippen molar-refractivity contribution in [2.45, 2.75) is 18.1 Å². The number of hydrogen-bond donors (Lipinski definition) is 2. The Labute approximate surface area is 208 Å². The van der Waals surface area contributed by atoms with Crippen LogP contribution in [0, 0.1) is 0 Å². The zero-order valence-electron chi connectivity index (χ0n) is 18.7. The van der Waals surface area contributed by atoms with Crippen LogP contribution < -0.4 is 22.3 Å². The molecule has 34 heavy (non-hydrogen) atoms. The number of carbonyl (C=O) groups is 2. The number of rotatable bonds is 7. The minimum atomic E-state index is -1.93. The molecule has 0 aliphatic carbocycles. The molecule has 2 N–H and O–H groups in total. The molecule has 4 rings (SSSR count). The van der Waals surface area contributed by atoms with Gasteiger partial charge >= 0.3 is 5.97 Å². The van der Waals surface area contributed by atoms with Crippen LogP contribution in [0.4, 0.5) is 5.95 Å². The molecule has 0 bridgehead atoms. The fourth-order valence-electron chi connectivity index (χ4n) is 4.18. The van der Waals surface area contributed by atoms with E-state index in [1.807, 2.05) is 19.2 Å². The Hall–Kier alpha value is -3.21. The molecule has 3 aromatic rings. The number of aliphatic hydroxyl groups is 1. The van der Waals surface area contributed by atoms with Crippen molar-refractivity contribution >= 4 is 17.8 Å². The molecule has 9 nitrogen and oxygen atoms in total. The summed E-state index contributed by atoms with van der Waals surface area (Å²) in [7, 11) is 1.93. The van der Waals surface area contributed by atoms with Crippen LogP contribution in [-0.2, 0) is 19.9 Å². The number of nitrogens with zero attached hydrogens (tertiary/aromatic N) is 4. The van der Waals surface area contributed by atoms with E-state index in [1.54, 1.807) is 48.5 Å². The van der Waals surface area contributed by atoms with Crippen molar-refractivity contribution in [1.29, 1.82) is 0 Å². The summed E-state index contributed by atoms with van der Waals surface area (Å²) in [4.78, 5) is 37.3. The first-order chi connectivity index (χ1) is 15.9. The summed E-state index contributed by atoms with van der Waals surface area (Å²) >= 11 is 0. The van der Waals surface area contributed by atoms with Gasteiger partial charge in [-0.05, 0) is 11.1 Å². The molecule has 0 radical (unpaired) electrons. The van der Waals surface area contributed by atoms with E-state index in [2.05, 4.69) is 20.3 Å². The van der Waals surface area contributed by atoms with Gasteiger partial charge in [-0.3, -0.25) is 10.1 Å². The highest BCUT2D eigenvalue weighted by atomic mass is 79.9. The Morgan fingerprint density at radius 2 is 1.62 bits per heavy atom. The van der Waals surface area contributed by atoms with E-state index in [-0.39, 0.29) is 35.4 Å². The number of benzene rings is 2. The Kier molecular flexibility index (Phi) is 8.08. The first kappa shape index (κ1) is 25.4. The van der Waals surface area contributed by atoms with Crippen molar-refractivity contribution in [3.05, 3.63) is 84.4 Å². The van der Waals surface area contributed by atoms with Crippen molar-refractivity contribution in [3.63, 3.8) is 0 Å². The number of likely N-dealkylation sites (tertiary alicyclic amines) is 1. The lowest BCUT2D eigenvalue weighted by atomic mass is 9.86. The zero-order valence-corrected chi connectivity index (χ0v) is 20.3. The van der Waals surface area contributed by atoms with Crippen molar-refractivity contribution in [2.24, 2.45) is 0 Å². The monoisotopic (exact) mass is 527 g/mol. The standard InChI is InChI=1S/C24H25N5O4.BrH/c1-29(15-21(30)28-23-26-16-25-17-27-23)13-12-20(14-29)33-22(31)24(32,18-8-4-2-5-9-18)19-10-6-3-7-11-19;/h2-11,16-17,20,32H,12-15H2,1H3;1H/t20?,29-;/m1./s1. The van der Waals surface area contributed by atoms with Crippen LogP contribution in [0.3, 0.4) is 0 Å². The van der Waals surface area contributed by atoms with Crippen molar-refractivity contribution < 1.29 is 40.9 Å². The number of anilines is 1. The largest absolute Gasteiger partial charge is 1.00 e. The number of quaternary nitrogens is 1. The smallest absolute Gasteiger partial charge is 0.348 e. The maximum absolute atomic E-state index is 13.3. The summed E-state index contributed by atoms with van der Waals surface area (Å²) in [6.07, 6.45) is 2.78. The second-order valence-electron chi connectivity index (χ2n) is 8.45. The highest BCUT2D eigenvalue weighted by Gasteiger charge is 2.45. The second kappa shape index (κ2) is 10.8. The fraction of sp³-hybridized carbons (Fsp3) is 0.292. The topological polar surface area (TPSA) is 114 Å². The van der Waals surface area contributed by atoms with Gasteiger partial charge in [0.15, 0.2) is 12.6 Å². The molecule has 10 heteroatoms. The van der Waals surface area contributed by atoms with Crippen molar-refractivity contribution in [3.8, 4) is 0 Å². The summed E-state index contributed by atoms with van der Waals surface area (Å²) in [5.41, 5.74) is -1.05. The maximum Gasteiger partial charge on any atom is 0.348 e. The van der Waals surface area contributed by atoms with Gasteiger partial charge in [0, 0.05) is 6.42 Å². The predicted molar refractivity (Wildman–Crippen MR) is 120 cm³/mol. The summed E-state index contributed by atoms with van der Waals surface area (Å²) in [5, 5.41) is 14.2. The Bertz CT molecular complexity index is 1060. The Morgan fingerprint density at radius 1 is 1.06 bits per heavy atom. The van der Waals surface area contributed by atoms with Crippen LogP contribution >= 0.6 is 0 Å². The van der Waals surface area contributed by atoms with Gasteiger partial charge in [0.05, 0.1) is 13.6 Å². The first-order valence-corrected chi connectivity index (χ1v) is 10.7. The van der Waals surface area contributed by atoms with Gasteiger partial charge in [0.2, 0.25) is 11.5 Å². The number of esters is 1. The Morgan fingerprint density at radius 3 is 2.18 bits per heavy atom. The molecule has 1 unspecified atom stereocenters. The van der Waals surface area contributed by atoms with Crippen LogP contribution in [-0.4, -0.2) is 69.2 Å². The SMILES string of the molecule is C[N@@+]1(CC(=O)Nc2ncncn2)CCC(OC(=O)C(O)(c2ccccc2)c2ccccc2)C1.[Br-]. The molecule has 178 valence electrons. The minimum Gasteiger partial charge on any atom is -1.00 e. The van der Waals surface area contributed by atoms with Crippen LogP contribution in [0.5, 0.6) is 0 Å². The number of hydrogen-bond acceptors (Lipinski definition) is 7. The zero-order chi connectivity index (χ0) is 23.3. The van der Waals surface area contributed by atoms with E-state index in [1.165, 1.54) is 12.7 Å². The molecule has 2 atom stereocenters. The van der Waals surface area contributed by atoms with Crippen LogP contribution in [0.1, 0.15) is 17.5 Å². The maximum atomic E-state index is 13.3. The average molecular weight is 528 g/mol. The number of likely N-dealkylation sites (N-methyl/N-ethyl adjacent to an activating group) is 1. The number of amides is 1. The first-order valence-electron chi connectivity index (χ1n) is 10.7. The van der Waals surface area contributed by atoms with Gasteiger partial charge in [0.1, 0.15) is 19.2 Å². The lowest BCUT2D eigenvalue weighted by molar-refractivity contribution is -0.890. The number of aromatic nitrogens is 3. The van der Waals surface area contributed by atoms with Gasteiger partial charge < -0.3 is 31.3 Å². The molecule has 1 saturated heterocycles. The molecular weight excluding hydrogens is 502 g/mol. The van der Waals surface area contributed by atoms with E-state index in [9.17, 15) is 14.7 Å². The van der Waals surface area contributed by atoms with Gasteiger partial charge in [-0.15, -0.1) is 0 Å². The summed E-state index contributed by atoms with van der Waals surface area (Å²) < 4.78 is 6.20. The molecule has 1 aliphatic rings. The molecule has 0 saturated carbocycles. The number of carbonyl (C=O) groups excluding carboxylic acids is 2. The van der Waals surface area contributed by atoms with E-state index >= 15 is 0 Å². The number of halogens is 1. The molecule has 2 aromatic carbocycles. The highest BCUT2D eigenvalue weighted by Crippen LogP contribution is 2.32. The average Bonchev–Trinajstić information content (AvgIpc) is 3.19.